The molecule has 3 aromatic rings. The topological polar surface area (TPSA) is 88.5 Å². The van der Waals surface area contributed by atoms with Crippen molar-refractivity contribution >= 4 is 22.9 Å². The molecule has 7 heteroatoms. The lowest BCUT2D eigenvalue weighted by Gasteiger charge is -2.07. The van der Waals surface area contributed by atoms with Crippen molar-refractivity contribution in [1.82, 2.24) is 24.7 Å². The third-order valence-corrected chi connectivity index (χ3v) is 3.52. The number of carbonyl (C=O) groups is 1. The van der Waals surface area contributed by atoms with E-state index in [0.717, 1.165) is 23.1 Å². The van der Waals surface area contributed by atoms with Gasteiger partial charge in [-0.2, -0.15) is 5.10 Å². The highest BCUT2D eigenvalue weighted by Gasteiger charge is 2.12. The van der Waals surface area contributed by atoms with E-state index in [4.69, 9.17) is 0 Å². The van der Waals surface area contributed by atoms with Gasteiger partial charge in [-0.25, -0.2) is 9.97 Å². The molecule has 1 aromatic carbocycles. The van der Waals surface area contributed by atoms with Crippen molar-refractivity contribution in [2.24, 2.45) is 0 Å². The van der Waals surface area contributed by atoms with E-state index in [9.17, 15) is 4.79 Å². The summed E-state index contributed by atoms with van der Waals surface area (Å²) in [5.41, 5.74) is 3.07. The van der Waals surface area contributed by atoms with Crippen LogP contribution in [0.3, 0.4) is 0 Å². The Hall–Kier alpha value is -2.70. The molecule has 22 heavy (non-hydrogen) atoms. The Balaban J connectivity index is 1.76. The van der Waals surface area contributed by atoms with Crippen LogP contribution in [-0.4, -0.2) is 30.6 Å². The molecule has 2 aromatic heterocycles. The van der Waals surface area contributed by atoms with Gasteiger partial charge in [0, 0.05) is 19.4 Å². The molecule has 0 aliphatic rings. The molecule has 0 unspecified atom stereocenters. The van der Waals surface area contributed by atoms with Crippen LogP contribution in [0.25, 0.3) is 11.0 Å². The molecule has 2 heterocycles. The molecule has 0 saturated carbocycles. The number of aryl methyl sites for hydroxylation is 3. The van der Waals surface area contributed by atoms with Crippen LogP contribution in [0, 0.1) is 6.92 Å². The van der Waals surface area contributed by atoms with E-state index in [0.29, 0.717) is 24.6 Å². The van der Waals surface area contributed by atoms with Crippen LogP contribution >= 0.6 is 0 Å². The van der Waals surface area contributed by atoms with Crippen molar-refractivity contribution in [3.8, 4) is 0 Å². The number of aromatic nitrogens is 5. The Labute approximate surface area is 127 Å². The molecule has 0 atom stereocenters. The highest BCUT2D eigenvalue weighted by Crippen LogP contribution is 2.21. The molecule has 0 radical (unpaired) electrons. The Morgan fingerprint density at radius 2 is 2.27 bits per heavy atom. The maximum Gasteiger partial charge on any atom is 0.227 e. The van der Waals surface area contributed by atoms with Crippen molar-refractivity contribution in [2.75, 3.05) is 5.32 Å². The zero-order valence-corrected chi connectivity index (χ0v) is 12.6. The molecule has 0 fully saturated rings. The maximum absolute atomic E-state index is 12.1. The molecule has 0 aliphatic carbocycles. The summed E-state index contributed by atoms with van der Waals surface area (Å²) in [6.07, 6.45) is 2.30. The fourth-order valence-corrected chi connectivity index (χ4v) is 2.43. The summed E-state index contributed by atoms with van der Waals surface area (Å²) in [7, 11) is 0. The number of H-pyrrole nitrogens is 1. The van der Waals surface area contributed by atoms with Crippen LogP contribution in [0.1, 0.15) is 24.7 Å². The standard InChI is InChI=1S/C15H18N6O/c1-3-21-12-5-4-10(2)8-11(12)18-15(21)19-14(22)7-6-13-16-9-17-20-13/h4-5,8-9H,3,6-7H2,1-2H3,(H,16,17,20)(H,18,19,22). The summed E-state index contributed by atoms with van der Waals surface area (Å²) < 4.78 is 2.00. The second kappa shape index (κ2) is 5.97. The molecule has 0 saturated heterocycles. The third kappa shape index (κ3) is 2.83. The number of nitrogens with zero attached hydrogens (tertiary/aromatic N) is 4. The van der Waals surface area contributed by atoms with Crippen molar-refractivity contribution in [2.45, 2.75) is 33.2 Å². The Kier molecular flexibility index (Phi) is 3.86. The van der Waals surface area contributed by atoms with E-state index in [1.165, 1.54) is 6.33 Å². The number of fused-ring (bicyclic) bond motifs is 1. The van der Waals surface area contributed by atoms with Gasteiger partial charge in [0.25, 0.3) is 0 Å². The van der Waals surface area contributed by atoms with Gasteiger partial charge in [0.15, 0.2) is 0 Å². The largest absolute Gasteiger partial charge is 0.310 e. The lowest BCUT2D eigenvalue weighted by molar-refractivity contribution is -0.116. The Morgan fingerprint density at radius 1 is 1.41 bits per heavy atom. The first-order valence-corrected chi connectivity index (χ1v) is 7.28. The minimum absolute atomic E-state index is 0.0851. The first-order valence-electron chi connectivity index (χ1n) is 7.28. The van der Waals surface area contributed by atoms with Gasteiger partial charge in [-0.05, 0) is 31.5 Å². The second-order valence-corrected chi connectivity index (χ2v) is 5.15. The van der Waals surface area contributed by atoms with E-state index in [-0.39, 0.29) is 5.91 Å². The quantitative estimate of drug-likeness (QED) is 0.754. The second-order valence-electron chi connectivity index (χ2n) is 5.15. The maximum atomic E-state index is 12.1. The lowest BCUT2D eigenvalue weighted by Crippen LogP contribution is -2.16. The Bertz CT molecular complexity index is 790. The van der Waals surface area contributed by atoms with Crippen molar-refractivity contribution < 1.29 is 4.79 Å². The van der Waals surface area contributed by atoms with Gasteiger partial charge >= 0.3 is 0 Å². The summed E-state index contributed by atoms with van der Waals surface area (Å²) in [5, 5.41) is 9.39. The van der Waals surface area contributed by atoms with E-state index in [2.05, 4.69) is 25.5 Å². The van der Waals surface area contributed by atoms with Crippen LogP contribution in [-0.2, 0) is 17.8 Å². The monoisotopic (exact) mass is 298 g/mol. The minimum atomic E-state index is -0.0851. The normalized spacial score (nSPS) is 11.0. The number of carbonyl (C=O) groups excluding carboxylic acids is 1. The van der Waals surface area contributed by atoms with E-state index in [1.54, 1.807) is 0 Å². The third-order valence-electron chi connectivity index (χ3n) is 3.52. The van der Waals surface area contributed by atoms with Crippen LogP contribution < -0.4 is 5.32 Å². The van der Waals surface area contributed by atoms with Gasteiger partial charge in [-0.3, -0.25) is 15.2 Å². The van der Waals surface area contributed by atoms with Crippen molar-refractivity contribution in [3.05, 3.63) is 35.9 Å². The fourth-order valence-electron chi connectivity index (χ4n) is 2.43. The van der Waals surface area contributed by atoms with Gasteiger partial charge in [0.2, 0.25) is 11.9 Å². The number of anilines is 1. The zero-order chi connectivity index (χ0) is 15.5. The summed E-state index contributed by atoms with van der Waals surface area (Å²) in [4.78, 5) is 20.6. The molecule has 1 amide bonds. The summed E-state index contributed by atoms with van der Waals surface area (Å²) in [5.74, 6) is 1.21. The predicted molar refractivity (Wildman–Crippen MR) is 83.5 cm³/mol. The van der Waals surface area contributed by atoms with Crippen molar-refractivity contribution in [3.63, 3.8) is 0 Å². The van der Waals surface area contributed by atoms with E-state index in [1.807, 2.05) is 36.6 Å². The first kappa shape index (κ1) is 14.2. The Morgan fingerprint density at radius 3 is 3.00 bits per heavy atom. The fraction of sp³-hybridized carbons (Fsp3) is 0.333. The molecule has 7 nitrogen and oxygen atoms in total. The van der Waals surface area contributed by atoms with Crippen LogP contribution in [0.4, 0.5) is 5.95 Å². The molecular formula is C15H18N6O. The van der Waals surface area contributed by atoms with Crippen molar-refractivity contribution in [1.29, 1.82) is 0 Å². The van der Waals surface area contributed by atoms with Gasteiger partial charge in [-0.1, -0.05) is 6.07 Å². The molecule has 0 aliphatic heterocycles. The number of rotatable bonds is 5. The van der Waals surface area contributed by atoms with Gasteiger partial charge in [0.1, 0.15) is 12.2 Å². The molecule has 0 spiro atoms. The average molecular weight is 298 g/mol. The predicted octanol–water partition coefficient (Wildman–Crippen LogP) is 2.05. The van der Waals surface area contributed by atoms with Gasteiger partial charge < -0.3 is 4.57 Å². The summed E-state index contributed by atoms with van der Waals surface area (Å²) in [6, 6.07) is 6.10. The minimum Gasteiger partial charge on any atom is -0.310 e. The van der Waals surface area contributed by atoms with Gasteiger partial charge in [0.05, 0.1) is 11.0 Å². The number of benzene rings is 1. The molecular weight excluding hydrogens is 280 g/mol. The number of nitrogens with one attached hydrogen (secondary N) is 2. The SMILES string of the molecule is CCn1c(NC(=O)CCc2ncn[nH]2)nc2cc(C)ccc21. The number of hydrogen-bond donors (Lipinski definition) is 2. The highest BCUT2D eigenvalue weighted by molar-refractivity contribution is 5.91. The molecule has 0 bridgehead atoms. The number of hydrogen-bond acceptors (Lipinski definition) is 4. The summed E-state index contributed by atoms with van der Waals surface area (Å²) in [6.45, 7) is 4.81. The smallest absolute Gasteiger partial charge is 0.227 e. The number of aromatic amines is 1. The average Bonchev–Trinajstić information content (AvgIpc) is 3.11. The molecule has 3 rings (SSSR count). The summed E-state index contributed by atoms with van der Waals surface area (Å²) >= 11 is 0. The van der Waals surface area contributed by atoms with Crippen LogP contribution in [0.2, 0.25) is 0 Å². The number of imidazole rings is 1. The van der Waals surface area contributed by atoms with Crippen LogP contribution in [0.5, 0.6) is 0 Å². The number of amides is 1. The zero-order valence-electron chi connectivity index (χ0n) is 12.6. The van der Waals surface area contributed by atoms with Gasteiger partial charge in [-0.15, -0.1) is 0 Å². The van der Waals surface area contributed by atoms with E-state index < -0.39 is 0 Å². The lowest BCUT2D eigenvalue weighted by atomic mass is 10.2. The van der Waals surface area contributed by atoms with Crippen LogP contribution in [0.15, 0.2) is 24.5 Å². The highest BCUT2D eigenvalue weighted by atomic mass is 16.1. The molecule has 2 N–H and O–H groups in total. The first-order chi connectivity index (χ1) is 10.7. The van der Waals surface area contributed by atoms with E-state index >= 15 is 0 Å². The molecule has 114 valence electrons.